The molecule has 1 aliphatic carbocycles. The van der Waals surface area contributed by atoms with Crippen molar-refractivity contribution in [2.24, 2.45) is 4.99 Å². The topological polar surface area (TPSA) is 43.6 Å². The van der Waals surface area contributed by atoms with Crippen LogP contribution >= 0.6 is 22.9 Å². The normalized spacial score (nSPS) is 17.0. The third kappa shape index (κ3) is 3.35. The van der Waals surface area contributed by atoms with Crippen molar-refractivity contribution in [3.63, 3.8) is 0 Å². The van der Waals surface area contributed by atoms with Crippen molar-refractivity contribution in [2.45, 2.75) is 18.9 Å². The van der Waals surface area contributed by atoms with Crippen LogP contribution in [0.4, 0.5) is 0 Å². The Kier molecular flexibility index (Phi) is 5.24. The molecule has 6 rings (SSSR count). The van der Waals surface area contributed by atoms with Gasteiger partial charge in [-0.25, -0.2) is 4.99 Å². The largest absolute Gasteiger partial charge is 0.496 e. The first-order chi connectivity index (χ1) is 16.7. The summed E-state index contributed by atoms with van der Waals surface area (Å²) in [5, 5.41) is 0.652. The van der Waals surface area contributed by atoms with Crippen LogP contribution in [0.5, 0.6) is 5.75 Å². The molecular formula is C28H21ClN2O2S. The van der Waals surface area contributed by atoms with Crippen LogP contribution in [0.3, 0.4) is 0 Å². The van der Waals surface area contributed by atoms with Crippen molar-refractivity contribution in [1.82, 2.24) is 4.57 Å². The van der Waals surface area contributed by atoms with E-state index in [1.54, 1.807) is 7.11 Å². The van der Waals surface area contributed by atoms with Gasteiger partial charge >= 0.3 is 0 Å². The summed E-state index contributed by atoms with van der Waals surface area (Å²) in [5.41, 5.74) is 6.26. The zero-order valence-electron chi connectivity index (χ0n) is 18.5. The van der Waals surface area contributed by atoms with E-state index in [2.05, 4.69) is 18.2 Å². The van der Waals surface area contributed by atoms with E-state index < -0.39 is 0 Å². The Hall–Kier alpha value is -3.41. The first-order valence-electron chi connectivity index (χ1n) is 11.2. The van der Waals surface area contributed by atoms with Crippen LogP contribution in [0.1, 0.15) is 34.7 Å². The smallest absolute Gasteiger partial charge is 0.271 e. The van der Waals surface area contributed by atoms with Crippen LogP contribution in [0, 0.1) is 0 Å². The zero-order valence-corrected chi connectivity index (χ0v) is 20.1. The average Bonchev–Trinajstić information content (AvgIpc) is 3.18. The summed E-state index contributed by atoms with van der Waals surface area (Å²) in [6, 6.07) is 23.6. The van der Waals surface area contributed by atoms with Crippen molar-refractivity contribution < 1.29 is 4.74 Å². The van der Waals surface area contributed by atoms with E-state index in [9.17, 15) is 4.79 Å². The second kappa shape index (κ2) is 8.42. The van der Waals surface area contributed by atoms with Crippen LogP contribution in [0.2, 0.25) is 5.02 Å². The summed E-state index contributed by atoms with van der Waals surface area (Å²) in [6.07, 6.45) is 3.64. The number of benzene rings is 3. The van der Waals surface area contributed by atoms with Gasteiger partial charge in [0.2, 0.25) is 0 Å². The highest BCUT2D eigenvalue weighted by Crippen LogP contribution is 2.42. The summed E-state index contributed by atoms with van der Waals surface area (Å²) in [7, 11) is 1.64. The van der Waals surface area contributed by atoms with Gasteiger partial charge in [0.05, 0.1) is 23.4 Å². The fourth-order valence-corrected chi connectivity index (χ4v) is 6.15. The number of hydrogen-bond acceptors (Lipinski definition) is 4. The molecule has 4 aromatic rings. The first kappa shape index (κ1) is 21.1. The van der Waals surface area contributed by atoms with Gasteiger partial charge in [0.1, 0.15) is 5.75 Å². The monoisotopic (exact) mass is 484 g/mol. The van der Waals surface area contributed by atoms with Crippen LogP contribution in [0.15, 0.2) is 88.2 Å². The Balaban J connectivity index is 1.65. The molecule has 0 spiro atoms. The fraction of sp³-hybridized carbons (Fsp3) is 0.143. The van der Waals surface area contributed by atoms with E-state index in [0.29, 0.717) is 14.4 Å². The molecule has 1 atom stereocenters. The number of methoxy groups -OCH3 is 1. The minimum absolute atomic E-state index is 0.0648. The van der Waals surface area contributed by atoms with Crippen LogP contribution in [0.25, 0.3) is 11.8 Å². The van der Waals surface area contributed by atoms with E-state index in [1.807, 2.05) is 65.2 Å². The molecule has 3 aromatic carbocycles. The maximum Gasteiger partial charge on any atom is 0.271 e. The van der Waals surface area contributed by atoms with Gasteiger partial charge in [0.25, 0.3) is 5.56 Å². The molecule has 4 nitrogen and oxygen atoms in total. The molecule has 1 aromatic heterocycles. The molecule has 6 heteroatoms. The summed E-state index contributed by atoms with van der Waals surface area (Å²) in [6.45, 7) is 0. The lowest BCUT2D eigenvalue weighted by Crippen LogP contribution is -2.38. The molecule has 168 valence electrons. The molecule has 0 amide bonds. The number of aromatic nitrogens is 1. The predicted octanol–water partition coefficient (Wildman–Crippen LogP) is 4.98. The molecular weight excluding hydrogens is 464 g/mol. The predicted molar refractivity (Wildman–Crippen MR) is 137 cm³/mol. The van der Waals surface area contributed by atoms with Crippen LogP contribution in [-0.2, 0) is 6.42 Å². The average molecular weight is 485 g/mol. The van der Waals surface area contributed by atoms with Crippen molar-refractivity contribution in [3.8, 4) is 5.75 Å². The molecule has 1 aliphatic heterocycles. The maximum atomic E-state index is 13.8. The number of para-hydroxylation sites is 1. The summed E-state index contributed by atoms with van der Waals surface area (Å²) in [4.78, 5) is 19.5. The zero-order chi connectivity index (χ0) is 23.2. The molecule has 2 heterocycles. The fourth-order valence-electron chi connectivity index (χ4n) is 4.92. The van der Waals surface area contributed by atoms with Gasteiger partial charge < -0.3 is 4.74 Å². The number of ether oxygens (including phenoxy) is 1. The molecule has 0 radical (unpaired) electrons. The summed E-state index contributed by atoms with van der Waals surface area (Å²) in [5.74, 6) is 0.726. The molecule has 2 aliphatic rings. The van der Waals surface area contributed by atoms with Crippen molar-refractivity contribution in [1.29, 1.82) is 0 Å². The standard InChI is InChI=1S/C28H21ClN2O2S/c1-33-23-13-7-3-9-18(23)16-24-27(32)31-26(20-11-5-6-12-22(20)29)21-15-14-17-8-2-4-10-19(17)25(21)30-28(31)34-24/h2-13,16,26H,14-15H2,1H3/t26-/m1/s1. The number of nitrogens with zero attached hydrogens (tertiary/aromatic N) is 2. The quantitative estimate of drug-likeness (QED) is 0.411. The van der Waals surface area contributed by atoms with E-state index in [0.717, 1.165) is 46.6 Å². The van der Waals surface area contributed by atoms with Gasteiger partial charge in [-0.1, -0.05) is 83.6 Å². The number of aryl methyl sites for hydroxylation is 1. The van der Waals surface area contributed by atoms with Gasteiger partial charge in [-0.3, -0.25) is 9.36 Å². The first-order valence-corrected chi connectivity index (χ1v) is 12.4. The molecule has 0 bridgehead atoms. The minimum Gasteiger partial charge on any atom is -0.496 e. The number of allylic oxidation sites excluding steroid dienone is 1. The number of rotatable bonds is 3. The highest BCUT2D eigenvalue weighted by Gasteiger charge is 2.33. The third-order valence-corrected chi connectivity index (χ3v) is 7.83. The van der Waals surface area contributed by atoms with Crippen molar-refractivity contribution in [3.05, 3.63) is 125 Å². The summed E-state index contributed by atoms with van der Waals surface area (Å²) < 4.78 is 7.94. The lowest BCUT2D eigenvalue weighted by atomic mass is 9.83. The third-order valence-electron chi connectivity index (χ3n) is 6.50. The molecule has 0 saturated carbocycles. The molecule has 0 saturated heterocycles. The minimum atomic E-state index is -0.284. The van der Waals surface area contributed by atoms with E-state index in [4.69, 9.17) is 21.3 Å². The maximum absolute atomic E-state index is 13.8. The number of fused-ring (bicyclic) bond motifs is 3. The molecule has 34 heavy (non-hydrogen) atoms. The van der Waals surface area contributed by atoms with Crippen LogP contribution < -0.4 is 19.6 Å². The Labute approximate surface area is 205 Å². The van der Waals surface area contributed by atoms with Gasteiger partial charge in [-0.2, -0.15) is 0 Å². The second-order valence-corrected chi connectivity index (χ2v) is 9.79. The Morgan fingerprint density at radius 1 is 1.03 bits per heavy atom. The number of thiazole rings is 1. The second-order valence-electron chi connectivity index (χ2n) is 8.38. The van der Waals surface area contributed by atoms with Crippen molar-refractivity contribution in [2.75, 3.05) is 7.11 Å². The Bertz CT molecular complexity index is 1650. The lowest BCUT2D eigenvalue weighted by molar-refractivity contribution is 0.414. The molecule has 0 unspecified atom stereocenters. The van der Waals surface area contributed by atoms with E-state index in [-0.39, 0.29) is 11.6 Å². The number of halogens is 1. The van der Waals surface area contributed by atoms with E-state index >= 15 is 0 Å². The van der Waals surface area contributed by atoms with Gasteiger partial charge in [-0.15, -0.1) is 0 Å². The lowest BCUT2D eigenvalue weighted by Gasteiger charge is -2.31. The Morgan fingerprint density at radius 3 is 2.65 bits per heavy atom. The summed E-state index contributed by atoms with van der Waals surface area (Å²) >= 11 is 8.10. The number of hydrogen-bond donors (Lipinski definition) is 0. The van der Waals surface area contributed by atoms with Gasteiger partial charge in [-0.05, 0) is 47.8 Å². The van der Waals surface area contributed by atoms with Crippen LogP contribution in [-0.4, -0.2) is 11.7 Å². The highest BCUT2D eigenvalue weighted by atomic mass is 35.5. The molecule has 0 fully saturated rings. The van der Waals surface area contributed by atoms with Gasteiger partial charge in [0.15, 0.2) is 4.80 Å². The Morgan fingerprint density at radius 2 is 1.79 bits per heavy atom. The van der Waals surface area contributed by atoms with Gasteiger partial charge in [0, 0.05) is 16.1 Å². The SMILES string of the molecule is COc1ccccc1C=c1sc2n(c1=O)[C@H](c1ccccc1Cl)C1=C(N=2)c2ccccc2CC1. The van der Waals surface area contributed by atoms with Crippen molar-refractivity contribution >= 4 is 34.7 Å². The highest BCUT2D eigenvalue weighted by molar-refractivity contribution is 7.07. The van der Waals surface area contributed by atoms with E-state index in [1.165, 1.54) is 16.9 Å². The molecule has 0 N–H and O–H groups in total.